The molecule has 1 aromatic carbocycles. The average molecular weight is 941 g/mol. The number of nitrogens with two attached hydrogens (primary N) is 6. The Morgan fingerprint density at radius 3 is 1.73 bits per heavy atom. The summed E-state index contributed by atoms with van der Waals surface area (Å²) >= 11 is 0. The van der Waals surface area contributed by atoms with Gasteiger partial charge in [0.1, 0.15) is 42.5 Å². The predicted octanol–water partition coefficient (Wildman–Crippen LogP) is -4.49. The second-order valence-corrected chi connectivity index (χ2v) is 16.6. The molecule has 2 saturated heterocycles. The largest absolute Gasteiger partial charge is 0.370 e. The highest BCUT2D eigenvalue weighted by molar-refractivity contribution is 5.98. The molecule has 2 heterocycles. The number of hydrogen-bond donors (Lipinski definition) is 11. The quantitative estimate of drug-likeness (QED) is 0.0156. The molecule has 0 aromatic heterocycles. The first kappa shape index (κ1) is 54.6. The van der Waals surface area contributed by atoms with Gasteiger partial charge in [0.05, 0.1) is 12.6 Å². The highest BCUT2D eigenvalue weighted by atomic mass is 16.2. The molecule has 370 valence electrons. The van der Waals surface area contributed by atoms with Gasteiger partial charge in [-0.25, -0.2) is 0 Å². The minimum atomic E-state index is -1.48. The van der Waals surface area contributed by atoms with Gasteiger partial charge in [0.15, 0.2) is 5.96 Å². The first-order valence-electron chi connectivity index (χ1n) is 22.6. The van der Waals surface area contributed by atoms with E-state index >= 15 is 0 Å². The van der Waals surface area contributed by atoms with Gasteiger partial charge in [0.2, 0.25) is 53.2 Å². The number of rotatable bonds is 29. The van der Waals surface area contributed by atoms with Crippen LogP contribution in [0.5, 0.6) is 0 Å². The topological polar surface area (TPSA) is 406 Å². The minimum absolute atomic E-state index is 0.00370. The zero-order valence-corrected chi connectivity index (χ0v) is 37.8. The second-order valence-electron chi connectivity index (χ2n) is 16.6. The number of amides is 9. The first-order chi connectivity index (χ1) is 32.0. The molecule has 0 unspecified atom stereocenters. The zero-order valence-electron chi connectivity index (χ0n) is 37.8. The fourth-order valence-electron chi connectivity index (χ4n) is 7.93. The lowest BCUT2D eigenvalue weighted by molar-refractivity contribution is -0.144. The van der Waals surface area contributed by atoms with E-state index in [1.165, 1.54) is 9.80 Å². The molecule has 24 heteroatoms. The summed E-state index contributed by atoms with van der Waals surface area (Å²) in [6, 6.07) is 0.418. The van der Waals surface area contributed by atoms with Crippen molar-refractivity contribution in [1.82, 2.24) is 36.4 Å². The molecule has 2 fully saturated rings. The Kier molecular flexibility index (Phi) is 23.1. The van der Waals surface area contributed by atoms with Gasteiger partial charge >= 0.3 is 0 Å². The monoisotopic (exact) mass is 941 g/mol. The van der Waals surface area contributed by atoms with Gasteiger partial charge in [-0.3, -0.25) is 48.1 Å². The number of nitrogens with zero attached hydrogens (tertiary/aromatic N) is 3. The van der Waals surface area contributed by atoms with Gasteiger partial charge in [-0.2, -0.15) is 0 Å². The summed E-state index contributed by atoms with van der Waals surface area (Å²) in [6.07, 6.45) is 2.35. The molecule has 3 rings (SSSR count). The zero-order chi connectivity index (χ0) is 49.5. The van der Waals surface area contributed by atoms with Crippen LogP contribution >= 0.6 is 0 Å². The van der Waals surface area contributed by atoms with Crippen molar-refractivity contribution in [2.24, 2.45) is 39.4 Å². The van der Waals surface area contributed by atoms with Gasteiger partial charge < -0.3 is 75.6 Å². The summed E-state index contributed by atoms with van der Waals surface area (Å²) < 4.78 is 0. The number of carbonyl (C=O) groups excluding carboxylic acids is 10. The van der Waals surface area contributed by atoms with Gasteiger partial charge in [-0.15, -0.1) is 0 Å². The normalized spacial score (nSPS) is 17.7. The highest BCUT2D eigenvalue weighted by Gasteiger charge is 2.42. The summed E-state index contributed by atoms with van der Waals surface area (Å²) in [4.78, 5) is 138. The molecule has 0 aliphatic carbocycles. The summed E-state index contributed by atoms with van der Waals surface area (Å²) in [5, 5.41) is 12.9. The molecule has 67 heavy (non-hydrogen) atoms. The van der Waals surface area contributed by atoms with Crippen LogP contribution in [0.15, 0.2) is 35.3 Å². The van der Waals surface area contributed by atoms with Crippen LogP contribution < -0.4 is 61.0 Å². The van der Waals surface area contributed by atoms with Crippen molar-refractivity contribution >= 4 is 65.4 Å². The van der Waals surface area contributed by atoms with E-state index in [1.807, 2.05) is 0 Å². The summed E-state index contributed by atoms with van der Waals surface area (Å²) in [7, 11) is 0. The van der Waals surface area contributed by atoms with Crippen LogP contribution in [0.1, 0.15) is 89.0 Å². The number of guanidine groups is 1. The molecular weight excluding hydrogens is 873 g/mol. The van der Waals surface area contributed by atoms with E-state index in [1.54, 1.807) is 30.3 Å². The SMILES string of the molecule is NCCCC[C@H](NC(=O)[C@@H]1CCCN1C(=O)[C@@H](N)CCCN=C(N)N)C(=O)N1CCC[C@H]1C(=O)N[C@@H](CCC(N)=O)C(=O)N[C@@H](CCC(N)=O)C(=O)N[C@@H](Cc1ccccc1)C(=O)NCC=O. The Hall–Kier alpha value is -6.69. The Bertz CT molecular complexity index is 1920. The highest BCUT2D eigenvalue weighted by Crippen LogP contribution is 2.23. The molecule has 1 aromatic rings. The van der Waals surface area contributed by atoms with Crippen LogP contribution in [0.25, 0.3) is 0 Å². The summed E-state index contributed by atoms with van der Waals surface area (Å²) in [5.41, 5.74) is 34.1. The number of benzene rings is 1. The number of primary amides is 2. The lowest BCUT2D eigenvalue weighted by Gasteiger charge is -2.32. The lowest BCUT2D eigenvalue weighted by Crippen LogP contribution is -2.59. The van der Waals surface area contributed by atoms with Crippen LogP contribution in [-0.2, 0) is 54.4 Å². The summed E-state index contributed by atoms with van der Waals surface area (Å²) in [6.45, 7) is 0.673. The van der Waals surface area contributed by atoms with Crippen molar-refractivity contribution in [2.75, 3.05) is 32.7 Å². The van der Waals surface area contributed by atoms with Crippen molar-refractivity contribution in [3.63, 3.8) is 0 Å². The van der Waals surface area contributed by atoms with E-state index in [2.05, 4.69) is 31.6 Å². The smallest absolute Gasteiger partial charge is 0.245 e. The van der Waals surface area contributed by atoms with E-state index < -0.39 is 95.5 Å². The van der Waals surface area contributed by atoms with Crippen LogP contribution in [0, 0.1) is 0 Å². The molecule has 0 spiro atoms. The van der Waals surface area contributed by atoms with Crippen LogP contribution in [0.2, 0.25) is 0 Å². The number of aldehydes is 1. The standard InChI is InChI=1S/C43H68N14O10/c44-19-5-4-12-30(54-40(65)32-13-7-22-56(32)41(66)27(45)11-6-20-51-43(48)49)42(67)57-23-8-14-33(57)39(64)53-29(16-18-35(47)60)37(62)52-28(15-17-34(46)59)38(63)55-31(36(61)50-21-24-58)25-26-9-2-1-3-10-26/h1-3,9-10,24,27-33H,4-8,11-23,25,44-45H2,(H2,46,59)(H2,47,60)(H,50,61)(H,52,62)(H,53,64)(H,54,65)(H,55,63)(H4,48,49,51)/t27-,28-,29-,30-,31-,32-,33-/m0/s1. The molecule has 2 aliphatic rings. The number of carbonyl (C=O) groups is 10. The number of likely N-dealkylation sites (tertiary alicyclic amines) is 2. The molecule has 17 N–H and O–H groups in total. The predicted molar refractivity (Wildman–Crippen MR) is 244 cm³/mol. The molecule has 0 saturated carbocycles. The van der Waals surface area contributed by atoms with Crippen molar-refractivity contribution < 1.29 is 47.9 Å². The van der Waals surface area contributed by atoms with Gasteiger partial charge in [0, 0.05) is 38.9 Å². The number of unbranched alkanes of at least 4 members (excludes halogenated alkanes) is 1. The fourth-order valence-corrected chi connectivity index (χ4v) is 7.93. The van der Waals surface area contributed by atoms with Crippen molar-refractivity contribution in [3.05, 3.63) is 35.9 Å². The number of hydrogen-bond acceptors (Lipinski definition) is 13. The molecule has 0 radical (unpaired) electrons. The number of nitrogens with one attached hydrogen (secondary N) is 5. The first-order valence-corrected chi connectivity index (χ1v) is 22.6. The van der Waals surface area contributed by atoms with Crippen LogP contribution in [0.4, 0.5) is 0 Å². The van der Waals surface area contributed by atoms with Gasteiger partial charge in [-0.1, -0.05) is 30.3 Å². The maximum atomic E-state index is 14.3. The minimum Gasteiger partial charge on any atom is -0.370 e. The summed E-state index contributed by atoms with van der Waals surface area (Å²) in [5.74, 6) is -6.55. The molecule has 0 bridgehead atoms. The third-order valence-corrected chi connectivity index (χ3v) is 11.4. The number of aliphatic imine (C=N–C) groups is 1. The third-order valence-electron chi connectivity index (χ3n) is 11.4. The Morgan fingerprint density at radius 1 is 0.657 bits per heavy atom. The Balaban J connectivity index is 1.80. The van der Waals surface area contributed by atoms with Crippen molar-refractivity contribution in [2.45, 2.75) is 132 Å². The molecular formula is C43H68N14O10. The maximum absolute atomic E-state index is 14.3. The van der Waals surface area contributed by atoms with Gasteiger partial charge in [-0.05, 0) is 82.7 Å². The van der Waals surface area contributed by atoms with E-state index in [-0.39, 0.29) is 83.5 Å². The average Bonchev–Trinajstić information content (AvgIpc) is 4.00. The molecule has 2 aliphatic heterocycles. The lowest BCUT2D eigenvalue weighted by atomic mass is 10.0. The van der Waals surface area contributed by atoms with E-state index in [0.29, 0.717) is 56.9 Å². The van der Waals surface area contributed by atoms with Gasteiger partial charge in [0.25, 0.3) is 0 Å². The Labute approximate surface area is 389 Å². The molecule has 24 nitrogen and oxygen atoms in total. The Morgan fingerprint density at radius 2 is 1.19 bits per heavy atom. The van der Waals surface area contributed by atoms with Crippen LogP contribution in [0.3, 0.4) is 0 Å². The van der Waals surface area contributed by atoms with Crippen molar-refractivity contribution in [1.29, 1.82) is 0 Å². The van der Waals surface area contributed by atoms with Crippen molar-refractivity contribution in [3.8, 4) is 0 Å². The van der Waals surface area contributed by atoms with E-state index in [0.717, 1.165) is 0 Å². The maximum Gasteiger partial charge on any atom is 0.245 e. The second kappa shape index (κ2) is 28.4. The van der Waals surface area contributed by atoms with E-state index in [4.69, 9.17) is 34.4 Å². The molecule has 9 amide bonds. The third kappa shape index (κ3) is 18.3. The molecule has 7 atom stereocenters. The van der Waals surface area contributed by atoms with E-state index in [9.17, 15) is 47.9 Å². The fraction of sp³-hybridized carbons (Fsp3) is 0.605. The van der Waals surface area contributed by atoms with Crippen LogP contribution in [-0.4, -0.2) is 150 Å².